The van der Waals surface area contributed by atoms with Crippen LogP contribution in [-0.4, -0.2) is 61.7 Å². The van der Waals surface area contributed by atoms with E-state index < -0.39 is 5.97 Å². The van der Waals surface area contributed by atoms with E-state index in [9.17, 15) is 14.4 Å². The molecule has 0 heterocycles. The molecular weight excluding hydrogens is 372 g/mol. The molecule has 4 N–H and O–H groups in total. The van der Waals surface area contributed by atoms with Gasteiger partial charge in [0.2, 0.25) is 17.7 Å². The summed E-state index contributed by atoms with van der Waals surface area (Å²) in [7, 11) is 3.20. The van der Waals surface area contributed by atoms with Crippen LogP contribution in [0.4, 0.5) is 0 Å². The quantitative estimate of drug-likeness (QED) is 0.281. The molecule has 0 rings (SSSR count). The number of carboxylic acids is 1. The van der Waals surface area contributed by atoms with Gasteiger partial charge in [-0.3, -0.25) is 19.2 Å². The maximum Gasteiger partial charge on any atom is 0.300 e. The van der Waals surface area contributed by atoms with Crippen molar-refractivity contribution in [1.29, 1.82) is 0 Å². The van der Waals surface area contributed by atoms with Gasteiger partial charge in [-0.25, -0.2) is 5.43 Å². The molecule has 0 saturated carbocycles. The molecule has 0 radical (unpaired) electrons. The van der Waals surface area contributed by atoms with Gasteiger partial charge >= 0.3 is 0 Å². The van der Waals surface area contributed by atoms with E-state index in [0.717, 1.165) is 19.5 Å². The third-order valence-electron chi connectivity index (χ3n) is 1.06. The first-order valence-electron chi connectivity index (χ1n) is 7.48. The molecule has 0 aliphatic heterocycles. The molecular formula is C17H38N4O7. The highest BCUT2D eigenvalue weighted by atomic mass is 16.4. The Morgan fingerprint density at radius 1 is 0.750 bits per heavy atom. The largest absolute Gasteiger partial charge is 0.481 e. The standard InChI is InChI=1S/C4H8N2O.2C3H7NO.C2H4O2.2C2H4O.CH4/c1-3-5-6-4(2)7;2*1-3(5)4-2;1-2(3)4;2*1-2-3;/h3H,1-2H3,(H,6,7);2*1-2H3,(H,4,5);1H3,(H,3,4);2*2H,1H3;1H4/b5-3+;;;;;;. The Hall–Kier alpha value is -3.11. The van der Waals surface area contributed by atoms with Crippen LogP contribution < -0.4 is 16.1 Å². The fourth-order valence-corrected chi connectivity index (χ4v) is 0.155. The summed E-state index contributed by atoms with van der Waals surface area (Å²) in [4.78, 5) is 56.0. The highest BCUT2D eigenvalue weighted by molar-refractivity contribution is 5.73. The van der Waals surface area contributed by atoms with Crippen molar-refractivity contribution in [3.63, 3.8) is 0 Å². The molecule has 0 unspecified atom stereocenters. The number of aldehydes is 2. The Morgan fingerprint density at radius 2 is 0.929 bits per heavy atom. The number of aliphatic carboxylic acids is 1. The monoisotopic (exact) mass is 410 g/mol. The van der Waals surface area contributed by atoms with Gasteiger partial charge in [0.25, 0.3) is 5.97 Å². The van der Waals surface area contributed by atoms with Gasteiger partial charge in [-0.2, -0.15) is 5.10 Å². The number of carbonyl (C=O) groups excluding carboxylic acids is 5. The van der Waals surface area contributed by atoms with Crippen LogP contribution in [-0.2, 0) is 28.8 Å². The maximum atomic E-state index is 9.98. The number of rotatable bonds is 1. The van der Waals surface area contributed by atoms with Crippen LogP contribution in [0.5, 0.6) is 0 Å². The number of hydrogen-bond donors (Lipinski definition) is 4. The van der Waals surface area contributed by atoms with Crippen LogP contribution in [0.15, 0.2) is 5.10 Å². The second kappa shape index (κ2) is 49.6. The smallest absolute Gasteiger partial charge is 0.300 e. The lowest BCUT2D eigenvalue weighted by molar-refractivity contribution is -0.134. The minimum atomic E-state index is -0.833. The zero-order chi connectivity index (χ0) is 23.3. The lowest BCUT2D eigenvalue weighted by atomic mass is 10.7. The summed E-state index contributed by atoms with van der Waals surface area (Å²) < 4.78 is 0. The molecule has 11 heteroatoms. The van der Waals surface area contributed by atoms with Crippen molar-refractivity contribution in [2.45, 2.75) is 55.9 Å². The molecule has 0 saturated heterocycles. The van der Waals surface area contributed by atoms with E-state index >= 15 is 0 Å². The zero-order valence-electron chi connectivity index (χ0n) is 17.6. The summed E-state index contributed by atoms with van der Waals surface area (Å²) in [6, 6.07) is 0. The van der Waals surface area contributed by atoms with E-state index in [1.54, 1.807) is 21.0 Å². The molecule has 0 spiro atoms. The van der Waals surface area contributed by atoms with E-state index in [1.807, 2.05) is 0 Å². The fraction of sp³-hybridized carbons (Fsp3) is 0.588. The normalized spacial score (nSPS) is 6.61. The summed E-state index contributed by atoms with van der Waals surface area (Å²) in [5.41, 5.74) is 2.23. The third kappa shape index (κ3) is 459. The van der Waals surface area contributed by atoms with Gasteiger partial charge in [-0.1, -0.05) is 7.43 Å². The number of amides is 3. The minimum Gasteiger partial charge on any atom is -0.481 e. The first-order valence-corrected chi connectivity index (χ1v) is 7.48. The Morgan fingerprint density at radius 3 is 0.964 bits per heavy atom. The van der Waals surface area contributed by atoms with Crippen LogP contribution in [0, 0.1) is 0 Å². The maximum absolute atomic E-state index is 9.98. The van der Waals surface area contributed by atoms with Crippen molar-refractivity contribution in [3.8, 4) is 0 Å². The average Bonchev–Trinajstić information content (AvgIpc) is 2.55. The molecule has 3 amide bonds. The molecule has 28 heavy (non-hydrogen) atoms. The molecule has 0 bridgehead atoms. The number of nitrogens with zero attached hydrogens (tertiary/aromatic N) is 1. The predicted octanol–water partition coefficient (Wildman–Crippen LogP) is 0.770. The summed E-state index contributed by atoms with van der Waals surface area (Å²) >= 11 is 0. The number of hydrogen-bond acceptors (Lipinski definition) is 7. The number of hydrazone groups is 1. The number of carbonyl (C=O) groups is 6. The van der Waals surface area contributed by atoms with Crippen molar-refractivity contribution < 1.29 is 33.9 Å². The Bertz CT molecular complexity index is 388. The van der Waals surface area contributed by atoms with Crippen LogP contribution in [0.25, 0.3) is 0 Å². The van der Waals surface area contributed by atoms with E-state index in [-0.39, 0.29) is 25.1 Å². The molecule has 0 aliphatic carbocycles. The third-order valence-corrected chi connectivity index (χ3v) is 1.06. The average molecular weight is 411 g/mol. The highest BCUT2D eigenvalue weighted by Crippen LogP contribution is 1.56. The Balaban J connectivity index is -0.0000000386. The topological polar surface area (TPSA) is 171 Å². The van der Waals surface area contributed by atoms with Gasteiger partial charge in [0, 0.05) is 48.0 Å². The lowest BCUT2D eigenvalue weighted by Crippen LogP contribution is -2.11. The van der Waals surface area contributed by atoms with Crippen LogP contribution in [0.3, 0.4) is 0 Å². The van der Waals surface area contributed by atoms with Gasteiger partial charge in [-0.05, 0) is 20.8 Å². The Kier molecular flexibility index (Phi) is 78.6. The van der Waals surface area contributed by atoms with Gasteiger partial charge in [0.05, 0.1) is 0 Å². The van der Waals surface area contributed by atoms with Gasteiger partial charge in [-0.15, -0.1) is 0 Å². The highest BCUT2D eigenvalue weighted by Gasteiger charge is 1.78. The summed E-state index contributed by atoms with van der Waals surface area (Å²) in [5, 5.41) is 15.6. The minimum absolute atomic E-state index is 0. The van der Waals surface area contributed by atoms with Crippen LogP contribution in [0.1, 0.15) is 55.9 Å². The number of nitrogens with one attached hydrogen (secondary N) is 3. The van der Waals surface area contributed by atoms with Crippen molar-refractivity contribution >= 4 is 42.5 Å². The first kappa shape index (κ1) is 44.4. The van der Waals surface area contributed by atoms with Crippen LogP contribution in [0.2, 0.25) is 0 Å². The second-order valence-corrected chi connectivity index (χ2v) is 3.66. The molecule has 0 aromatic heterocycles. The van der Waals surface area contributed by atoms with E-state index in [0.29, 0.717) is 0 Å². The molecule has 0 aromatic rings. The van der Waals surface area contributed by atoms with Gasteiger partial charge in [0.1, 0.15) is 12.6 Å². The van der Waals surface area contributed by atoms with Crippen molar-refractivity contribution in [1.82, 2.24) is 16.1 Å². The van der Waals surface area contributed by atoms with E-state index in [1.165, 1.54) is 40.8 Å². The molecule has 0 aromatic carbocycles. The lowest BCUT2D eigenvalue weighted by Gasteiger charge is -1.84. The molecule has 11 nitrogen and oxygen atoms in total. The first-order chi connectivity index (χ1) is 12.4. The van der Waals surface area contributed by atoms with Gasteiger partial charge < -0.3 is 25.3 Å². The van der Waals surface area contributed by atoms with E-state index in [4.69, 9.17) is 19.5 Å². The predicted molar refractivity (Wildman–Crippen MR) is 111 cm³/mol. The summed E-state index contributed by atoms with van der Waals surface area (Å²) in [6.07, 6.45) is 3.02. The SMILES string of the molecule is C.C/C=N/NC(C)=O.CC(=O)O.CC=O.CC=O.CNC(C)=O.CNC(C)=O. The molecule has 0 aliphatic rings. The molecule has 0 fully saturated rings. The summed E-state index contributed by atoms with van der Waals surface area (Å²) in [6.45, 7) is 10.1. The second-order valence-electron chi connectivity index (χ2n) is 3.66. The fourth-order valence-electron chi connectivity index (χ4n) is 0.155. The van der Waals surface area contributed by atoms with E-state index in [2.05, 4.69) is 21.2 Å². The zero-order valence-corrected chi connectivity index (χ0v) is 17.6. The van der Waals surface area contributed by atoms with Crippen molar-refractivity contribution in [2.75, 3.05) is 14.1 Å². The molecule has 168 valence electrons. The van der Waals surface area contributed by atoms with Crippen molar-refractivity contribution in [3.05, 3.63) is 0 Å². The molecule has 0 atom stereocenters. The Labute approximate surface area is 168 Å². The van der Waals surface area contributed by atoms with Crippen molar-refractivity contribution in [2.24, 2.45) is 5.10 Å². The van der Waals surface area contributed by atoms with Crippen LogP contribution >= 0.6 is 0 Å². The summed E-state index contributed by atoms with van der Waals surface area (Å²) in [5.74, 6) is -0.965. The van der Waals surface area contributed by atoms with Gasteiger partial charge in [0.15, 0.2) is 0 Å². The number of carboxylic acid groups (broad SMARTS) is 1.